The van der Waals surface area contributed by atoms with Gasteiger partial charge < -0.3 is 15.5 Å². The van der Waals surface area contributed by atoms with Crippen LogP contribution in [0.2, 0.25) is 0 Å². The minimum absolute atomic E-state index is 0.0836. The molecule has 3 N–H and O–H groups in total. The number of halogens is 1. The van der Waals surface area contributed by atoms with E-state index in [1.165, 1.54) is 30.3 Å². The van der Waals surface area contributed by atoms with Gasteiger partial charge in [0.2, 0.25) is 0 Å². The molecule has 6 nitrogen and oxygen atoms in total. The number of carboxylic acids is 1. The Balaban J connectivity index is 1.92. The van der Waals surface area contributed by atoms with Crippen molar-refractivity contribution in [3.63, 3.8) is 0 Å². The first-order valence-electron chi connectivity index (χ1n) is 7.04. The first-order chi connectivity index (χ1) is 11.9. The molecule has 1 amide bonds. The van der Waals surface area contributed by atoms with Crippen molar-refractivity contribution in [2.24, 2.45) is 4.99 Å². The molecule has 0 bridgehead atoms. The summed E-state index contributed by atoms with van der Waals surface area (Å²) in [7, 11) is 0. The Morgan fingerprint density at radius 1 is 1.24 bits per heavy atom. The minimum atomic E-state index is -1.26. The maximum Gasteiger partial charge on any atom is 0.338 e. The first kappa shape index (κ1) is 16.7. The normalized spacial score (nSPS) is 17.1. The van der Waals surface area contributed by atoms with Crippen molar-refractivity contribution in [1.82, 2.24) is 5.32 Å². The summed E-state index contributed by atoms with van der Waals surface area (Å²) in [4.78, 5) is 27.6. The van der Waals surface area contributed by atoms with Crippen molar-refractivity contribution in [2.45, 2.75) is 0 Å². The summed E-state index contributed by atoms with van der Waals surface area (Å²) in [6.07, 6.45) is 1.40. The number of carboxylic acid groups (broad SMARTS) is 1. The van der Waals surface area contributed by atoms with Crippen LogP contribution in [-0.2, 0) is 4.79 Å². The lowest BCUT2D eigenvalue weighted by atomic mass is 10.2. The average Bonchev–Trinajstić information content (AvgIpc) is 2.90. The van der Waals surface area contributed by atoms with Crippen LogP contribution in [0.5, 0.6) is 5.75 Å². The van der Waals surface area contributed by atoms with E-state index in [-0.39, 0.29) is 32.6 Å². The zero-order valence-electron chi connectivity index (χ0n) is 12.6. The molecular weight excluding hydrogens is 347 g/mol. The van der Waals surface area contributed by atoms with E-state index in [2.05, 4.69) is 10.3 Å². The Labute approximate surface area is 145 Å². The molecule has 1 aliphatic heterocycles. The van der Waals surface area contributed by atoms with E-state index in [1.807, 2.05) is 0 Å². The Kier molecular flexibility index (Phi) is 4.53. The molecular formula is C17H11FN2O4S. The van der Waals surface area contributed by atoms with Gasteiger partial charge >= 0.3 is 5.97 Å². The molecule has 3 rings (SSSR count). The van der Waals surface area contributed by atoms with Crippen LogP contribution in [0.4, 0.5) is 10.1 Å². The van der Waals surface area contributed by atoms with E-state index in [4.69, 9.17) is 5.11 Å². The summed E-state index contributed by atoms with van der Waals surface area (Å²) < 4.78 is 13.7. The van der Waals surface area contributed by atoms with Crippen molar-refractivity contribution in [2.75, 3.05) is 0 Å². The molecule has 0 aromatic heterocycles. The molecule has 1 aliphatic rings. The topological polar surface area (TPSA) is 99.0 Å². The molecule has 0 spiro atoms. The highest BCUT2D eigenvalue weighted by Crippen LogP contribution is 2.30. The molecule has 2 aromatic carbocycles. The molecule has 25 heavy (non-hydrogen) atoms. The second kappa shape index (κ2) is 6.78. The number of thioether (sulfide) groups is 1. The number of nitrogens with zero attached hydrogens (tertiary/aromatic N) is 1. The molecule has 2 aromatic rings. The van der Waals surface area contributed by atoms with E-state index >= 15 is 0 Å². The quantitative estimate of drug-likeness (QED) is 0.732. The number of aromatic hydroxyl groups is 1. The lowest BCUT2D eigenvalue weighted by molar-refractivity contribution is -0.115. The number of hydrogen-bond acceptors (Lipinski definition) is 5. The van der Waals surface area contributed by atoms with Gasteiger partial charge in [0.25, 0.3) is 5.91 Å². The maximum absolute atomic E-state index is 13.7. The second-order valence-electron chi connectivity index (χ2n) is 5.01. The highest BCUT2D eigenvalue weighted by atomic mass is 32.2. The third kappa shape index (κ3) is 3.69. The molecule has 0 radical (unpaired) electrons. The van der Waals surface area contributed by atoms with Crippen molar-refractivity contribution < 1.29 is 24.2 Å². The van der Waals surface area contributed by atoms with Crippen molar-refractivity contribution in [3.05, 3.63) is 64.3 Å². The molecule has 0 unspecified atom stereocenters. The zero-order valence-corrected chi connectivity index (χ0v) is 13.4. The third-order valence-corrected chi connectivity index (χ3v) is 4.19. The first-order valence-corrected chi connectivity index (χ1v) is 7.86. The lowest BCUT2D eigenvalue weighted by Crippen LogP contribution is -2.19. The van der Waals surface area contributed by atoms with Crippen LogP contribution in [0.3, 0.4) is 0 Å². The van der Waals surface area contributed by atoms with E-state index in [0.29, 0.717) is 0 Å². The standard InChI is InChI=1S/C17H11FN2O4S/c18-12-4-2-1-3-9(12)7-14-15(22)20-17(25-14)19-13-6-5-10(21)8-11(13)16(23)24/h1-8,21H,(H,23,24)(H,19,20,22)/b14-7-. The van der Waals surface area contributed by atoms with Gasteiger partial charge in [0, 0.05) is 5.56 Å². The summed E-state index contributed by atoms with van der Waals surface area (Å²) in [5, 5.41) is 21.2. The fourth-order valence-electron chi connectivity index (χ4n) is 2.12. The molecule has 1 heterocycles. The summed E-state index contributed by atoms with van der Waals surface area (Å²) in [5.41, 5.74) is 0.145. The van der Waals surface area contributed by atoms with Gasteiger partial charge in [-0.05, 0) is 42.1 Å². The number of nitrogens with one attached hydrogen (secondary N) is 1. The fraction of sp³-hybridized carbons (Fsp3) is 0. The van der Waals surface area contributed by atoms with Crippen molar-refractivity contribution in [1.29, 1.82) is 0 Å². The zero-order chi connectivity index (χ0) is 18.0. The van der Waals surface area contributed by atoms with E-state index < -0.39 is 17.7 Å². The highest BCUT2D eigenvalue weighted by Gasteiger charge is 2.25. The molecule has 1 saturated heterocycles. The van der Waals surface area contributed by atoms with Gasteiger partial charge in [0.1, 0.15) is 11.6 Å². The van der Waals surface area contributed by atoms with Crippen molar-refractivity contribution >= 4 is 40.6 Å². The number of aromatic carboxylic acids is 1. The molecule has 0 aliphatic carbocycles. The lowest BCUT2D eigenvalue weighted by Gasteiger charge is -2.02. The van der Waals surface area contributed by atoms with Gasteiger partial charge in [-0.3, -0.25) is 4.79 Å². The van der Waals surface area contributed by atoms with E-state index in [1.54, 1.807) is 12.1 Å². The van der Waals surface area contributed by atoms with Gasteiger partial charge in [-0.1, -0.05) is 18.2 Å². The van der Waals surface area contributed by atoms with Crippen molar-refractivity contribution in [3.8, 4) is 5.75 Å². The number of rotatable bonds is 3. The third-order valence-electron chi connectivity index (χ3n) is 3.28. The summed E-state index contributed by atoms with van der Waals surface area (Å²) >= 11 is 0.970. The minimum Gasteiger partial charge on any atom is -0.508 e. The largest absolute Gasteiger partial charge is 0.508 e. The number of benzene rings is 2. The van der Waals surface area contributed by atoms with Gasteiger partial charge in [0.05, 0.1) is 16.2 Å². The molecule has 126 valence electrons. The van der Waals surface area contributed by atoms with Crippen LogP contribution in [0.25, 0.3) is 6.08 Å². The van der Waals surface area contributed by atoms with Crippen LogP contribution < -0.4 is 5.32 Å². The predicted molar refractivity (Wildman–Crippen MR) is 92.3 cm³/mol. The predicted octanol–water partition coefficient (Wildman–Crippen LogP) is 3.12. The van der Waals surface area contributed by atoms with Crippen LogP contribution in [0.15, 0.2) is 52.4 Å². The van der Waals surface area contributed by atoms with E-state index in [0.717, 1.165) is 17.8 Å². The van der Waals surface area contributed by atoms with Gasteiger partial charge in [0.15, 0.2) is 5.17 Å². The average molecular weight is 358 g/mol. The van der Waals surface area contributed by atoms with Crippen LogP contribution in [0, 0.1) is 5.82 Å². The monoisotopic (exact) mass is 358 g/mol. The summed E-state index contributed by atoms with van der Waals surface area (Å²) in [6, 6.07) is 9.71. The molecule has 1 fully saturated rings. The number of carbonyl (C=O) groups excluding carboxylic acids is 1. The number of phenolic OH excluding ortho intramolecular Hbond substituents is 1. The summed E-state index contributed by atoms with van der Waals surface area (Å²) in [5.74, 6) is -2.38. The van der Waals surface area contributed by atoms with Crippen LogP contribution in [0.1, 0.15) is 15.9 Å². The van der Waals surface area contributed by atoms with E-state index in [9.17, 15) is 19.1 Å². The Morgan fingerprint density at radius 2 is 2.00 bits per heavy atom. The fourth-order valence-corrected chi connectivity index (χ4v) is 2.94. The Morgan fingerprint density at radius 3 is 2.72 bits per heavy atom. The van der Waals surface area contributed by atoms with Gasteiger partial charge in [-0.25, -0.2) is 14.2 Å². The van der Waals surface area contributed by atoms with Crippen LogP contribution in [-0.4, -0.2) is 27.3 Å². The Hall–Kier alpha value is -3.13. The number of carbonyl (C=O) groups is 2. The SMILES string of the molecule is O=C1NC(=Nc2ccc(O)cc2C(=O)O)S/C1=C\c1ccccc1F. The number of amides is 1. The summed E-state index contributed by atoms with van der Waals surface area (Å²) in [6.45, 7) is 0. The number of hydrogen-bond donors (Lipinski definition) is 3. The maximum atomic E-state index is 13.7. The Bertz CT molecular complexity index is 940. The smallest absolute Gasteiger partial charge is 0.338 e. The molecule has 0 atom stereocenters. The molecule has 8 heteroatoms. The number of aliphatic imine (C=N–C) groups is 1. The van der Waals surface area contributed by atoms with Gasteiger partial charge in [-0.15, -0.1) is 0 Å². The second-order valence-corrected chi connectivity index (χ2v) is 6.04. The highest BCUT2D eigenvalue weighted by molar-refractivity contribution is 8.18. The number of phenols is 1. The van der Waals surface area contributed by atoms with Gasteiger partial charge in [-0.2, -0.15) is 0 Å². The number of amidine groups is 1. The molecule has 0 saturated carbocycles. The van der Waals surface area contributed by atoms with Crippen LogP contribution >= 0.6 is 11.8 Å².